The van der Waals surface area contributed by atoms with Gasteiger partial charge in [0.25, 0.3) is 0 Å². The topological polar surface area (TPSA) is 88.5 Å². The molecule has 6 nitrogen and oxygen atoms in total. The lowest BCUT2D eigenvalue weighted by Gasteiger charge is -2.08. The third-order valence-corrected chi connectivity index (χ3v) is 3.29. The average Bonchev–Trinajstić information content (AvgIpc) is 2.21. The number of methoxy groups -OCH3 is 1. The molecule has 0 fully saturated rings. The van der Waals surface area contributed by atoms with E-state index in [0.717, 1.165) is 0 Å². The summed E-state index contributed by atoms with van der Waals surface area (Å²) in [6.07, 6.45) is -1.29. The molecule has 0 spiro atoms. The van der Waals surface area contributed by atoms with Crippen LogP contribution >= 0.6 is 31.9 Å². The molecule has 2 N–H and O–H groups in total. The SMILES string of the molecule is COC(=O)c1nc(Br)c(Br)cc1NC(=O)O. The number of rotatable bonds is 2. The third kappa shape index (κ3) is 2.92. The van der Waals surface area contributed by atoms with Gasteiger partial charge in [-0.1, -0.05) is 0 Å². The monoisotopic (exact) mass is 352 g/mol. The molecule has 0 saturated carbocycles. The first-order valence-electron chi connectivity index (χ1n) is 3.90. The number of nitrogens with one attached hydrogen (secondary N) is 1. The molecule has 1 heterocycles. The molecule has 0 aliphatic carbocycles. The molecule has 0 aliphatic heterocycles. The van der Waals surface area contributed by atoms with Crippen LogP contribution in [0.3, 0.4) is 0 Å². The normalized spacial score (nSPS) is 9.69. The molecule has 0 bridgehead atoms. The molecular formula is C8H6Br2N2O4. The van der Waals surface area contributed by atoms with Gasteiger partial charge in [-0.25, -0.2) is 14.6 Å². The lowest BCUT2D eigenvalue weighted by atomic mass is 10.3. The summed E-state index contributed by atoms with van der Waals surface area (Å²) in [5.74, 6) is -0.725. The smallest absolute Gasteiger partial charge is 0.409 e. The van der Waals surface area contributed by atoms with Gasteiger partial charge in [-0.05, 0) is 37.9 Å². The molecule has 0 aliphatic rings. The standard InChI is InChI=1S/C8H6Br2N2O4/c1-16-7(13)5-4(11-8(14)15)2-3(9)6(10)12-5/h2,11H,1H3,(H,14,15). The summed E-state index contributed by atoms with van der Waals surface area (Å²) < 4.78 is 5.38. The number of amides is 1. The maximum atomic E-state index is 11.3. The summed E-state index contributed by atoms with van der Waals surface area (Å²) in [5, 5.41) is 10.6. The van der Waals surface area contributed by atoms with Crippen molar-refractivity contribution in [3.8, 4) is 0 Å². The molecule has 1 rings (SSSR count). The van der Waals surface area contributed by atoms with Crippen molar-refractivity contribution in [1.29, 1.82) is 0 Å². The molecule has 16 heavy (non-hydrogen) atoms. The Balaban J connectivity index is 3.27. The maximum Gasteiger partial charge on any atom is 0.409 e. The van der Waals surface area contributed by atoms with E-state index in [2.05, 4.69) is 46.9 Å². The van der Waals surface area contributed by atoms with Gasteiger partial charge in [0, 0.05) is 0 Å². The van der Waals surface area contributed by atoms with Crippen molar-refractivity contribution in [2.45, 2.75) is 0 Å². The third-order valence-electron chi connectivity index (χ3n) is 1.55. The lowest BCUT2D eigenvalue weighted by molar-refractivity contribution is 0.0595. The molecule has 0 atom stereocenters. The van der Waals surface area contributed by atoms with E-state index in [9.17, 15) is 9.59 Å². The van der Waals surface area contributed by atoms with Gasteiger partial charge in [0.15, 0.2) is 5.69 Å². The van der Waals surface area contributed by atoms with Crippen molar-refractivity contribution in [3.05, 3.63) is 20.8 Å². The zero-order chi connectivity index (χ0) is 12.3. The first-order valence-corrected chi connectivity index (χ1v) is 5.48. The number of hydrogen-bond donors (Lipinski definition) is 2. The van der Waals surface area contributed by atoms with Crippen molar-refractivity contribution in [1.82, 2.24) is 4.98 Å². The number of hydrogen-bond acceptors (Lipinski definition) is 4. The molecule has 1 aromatic rings. The summed E-state index contributed by atoms with van der Waals surface area (Å²) >= 11 is 6.25. The second kappa shape index (κ2) is 5.26. The number of carbonyl (C=O) groups is 2. The minimum absolute atomic E-state index is 0.0504. The molecular weight excluding hydrogens is 348 g/mol. The van der Waals surface area contributed by atoms with Crippen molar-refractivity contribution < 1.29 is 19.4 Å². The predicted octanol–water partition coefficient (Wildman–Crippen LogP) is 2.48. The van der Waals surface area contributed by atoms with Gasteiger partial charge < -0.3 is 9.84 Å². The Morgan fingerprint density at radius 3 is 2.62 bits per heavy atom. The fourth-order valence-corrected chi connectivity index (χ4v) is 1.54. The van der Waals surface area contributed by atoms with Gasteiger partial charge in [-0.2, -0.15) is 0 Å². The Kier molecular flexibility index (Phi) is 4.25. The first kappa shape index (κ1) is 12.9. The first-order chi connectivity index (χ1) is 7.45. The Bertz CT molecular complexity index is 450. The van der Waals surface area contributed by atoms with E-state index in [4.69, 9.17) is 5.11 Å². The van der Waals surface area contributed by atoms with Gasteiger partial charge >= 0.3 is 12.1 Å². The molecule has 0 saturated heterocycles. The Morgan fingerprint density at radius 2 is 2.12 bits per heavy atom. The van der Waals surface area contributed by atoms with Crippen molar-refractivity contribution in [2.75, 3.05) is 12.4 Å². The van der Waals surface area contributed by atoms with Gasteiger partial charge in [0.2, 0.25) is 0 Å². The summed E-state index contributed by atoms with van der Waals surface area (Å²) in [6.45, 7) is 0. The van der Waals surface area contributed by atoms with Crippen LogP contribution in [0.4, 0.5) is 10.5 Å². The van der Waals surface area contributed by atoms with Crippen LogP contribution in [0, 0.1) is 0 Å². The molecule has 1 aromatic heterocycles. The van der Waals surface area contributed by atoms with Crippen LogP contribution in [-0.4, -0.2) is 29.3 Å². The van der Waals surface area contributed by atoms with Crippen molar-refractivity contribution in [2.24, 2.45) is 0 Å². The molecule has 0 unspecified atom stereocenters. The molecule has 8 heteroatoms. The summed E-state index contributed by atoms with van der Waals surface area (Å²) in [5.41, 5.74) is -0.0607. The minimum Gasteiger partial charge on any atom is -0.465 e. The van der Waals surface area contributed by atoms with E-state index in [0.29, 0.717) is 9.08 Å². The highest BCUT2D eigenvalue weighted by atomic mass is 79.9. The van der Waals surface area contributed by atoms with Gasteiger partial charge in [0.05, 0.1) is 17.3 Å². The zero-order valence-corrected chi connectivity index (χ0v) is 11.1. The minimum atomic E-state index is -1.29. The van der Waals surface area contributed by atoms with Crippen LogP contribution in [-0.2, 0) is 4.74 Å². The van der Waals surface area contributed by atoms with Crippen LogP contribution in [0.2, 0.25) is 0 Å². The van der Waals surface area contributed by atoms with Crippen LogP contribution in [0.1, 0.15) is 10.5 Å². The fourth-order valence-electron chi connectivity index (χ4n) is 0.929. The average molecular weight is 354 g/mol. The van der Waals surface area contributed by atoms with Gasteiger partial charge in [0.1, 0.15) is 4.60 Å². The number of nitrogens with zero attached hydrogens (tertiary/aromatic N) is 1. The second-order valence-electron chi connectivity index (χ2n) is 2.58. The molecule has 0 radical (unpaired) electrons. The zero-order valence-electron chi connectivity index (χ0n) is 7.95. The van der Waals surface area contributed by atoms with Crippen LogP contribution < -0.4 is 5.32 Å². The van der Waals surface area contributed by atoms with Crippen LogP contribution in [0.25, 0.3) is 0 Å². The highest BCUT2D eigenvalue weighted by molar-refractivity contribution is 9.13. The van der Waals surface area contributed by atoms with Gasteiger partial charge in [-0.3, -0.25) is 5.32 Å². The molecule has 86 valence electrons. The number of anilines is 1. The van der Waals surface area contributed by atoms with E-state index < -0.39 is 12.1 Å². The number of pyridine rings is 1. The van der Waals surface area contributed by atoms with Crippen molar-refractivity contribution in [3.63, 3.8) is 0 Å². The summed E-state index contributed by atoms with van der Waals surface area (Å²) in [6, 6.07) is 1.41. The number of halogens is 2. The molecule has 1 amide bonds. The number of carboxylic acid groups (broad SMARTS) is 1. The number of aromatic nitrogens is 1. The largest absolute Gasteiger partial charge is 0.465 e. The van der Waals surface area contributed by atoms with Crippen molar-refractivity contribution >= 4 is 49.6 Å². The highest BCUT2D eigenvalue weighted by Gasteiger charge is 2.17. The Morgan fingerprint density at radius 1 is 1.50 bits per heavy atom. The summed E-state index contributed by atoms with van der Waals surface area (Å²) in [4.78, 5) is 25.7. The lowest BCUT2D eigenvalue weighted by Crippen LogP contribution is -2.14. The quantitative estimate of drug-likeness (QED) is 0.629. The van der Waals surface area contributed by atoms with Crippen LogP contribution in [0.5, 0.6) is 0 Å². The number of carbonyl (C=O) groups excluding carboxylic acids is 1. The fraction of sp³-hybridized carbons (Fsp3) is 0.125. The Labute approximate surface area is 107 Å². The summed E-state index contributed by atoms with van der Waals surface area (Å²) in [7, 11) is 1.19. The van der Waals surface area contributed by atoms with Crippen LogP contribution in [0.15, 0.2) is 15.1 Å². The number of esters is 1. The van der Waals surface area contributed by atoms with E-state index in [1.807, 2.05) is 0 Å². The van der Waals surface area contributed by atoms with E-state index in [1.54, 1.807) is 0 Å². The van der Waals surface area contributed by atoms with E-state index in [1.165, 1.54) is 13.2 Å². The van der Waals surface area contributed by atoms with E-state index in [-0.39, 0.29) is 11.4 Å². The Hall–Kier alpha value is -1.15. The highest BCUT2D eigenvalue weighted by Crippen LogP contribution is 2.27. The van der Waals surface area contributed by atoms with Gasteiger partial charge in [-0.15, -0.1) is 0 Å². The predicted molar refractivity (Wildman–Crippen MR) is 62.6 cm³/mol. The van der Waals surface area contributed by atoms with E-state index >= 15 is 0 Å². The number of ether oxygens (including phenoxy) is 1. The maximum absolute atomic E-state index is 11.3. The molecule has 0 aromatic carbocycles. The second-order valence-corrected chi connectivity index (χ2v) is 4.18.